The second-order valence-electron chi connectivity index (χ2n) is 5.75. The van der Waals surface area contributed by atoms with E-state index in [0.717, 1.165) is 0 Å². The second-order valence-corrected chi connectivity index (χ2v) is 5.75. The maximum Gasteiger partial charge on any atom is 0.251 e. The average molecular weight is 277 g/mol. The summed E-state index contributed by atoms with van der Waals surface area (Å²) in [6, 6.07) is 6.87. The Kier molecular flexibility index (Phi) is 5.27. The monoisotopic (exact) mass is 277 g/mol. The second kappa shape index (κ2) is 6.52. The van der Waals surface area contributed by atoms with E-state index < -0.39 is 5.41 Å². The number of nitrogens with two attached hydrogens (primary N) is 1. The van der Waals surface area contributed by atoms with Crippen LogP contribution in [0.2, 0.25) is 0 Å². The van der Waals surface area contributed by atoms with E-state index in [1.165, 1.54) is 0 Å². The van der Waals surface area contributed by atoms with Crippen molar-refractivity contribution in [1.29, 1.82) is 0 Å². The standard InChI is InChI=1S/C15H23N3O2/c1-10(2)17-13(19)11-5-7-12(8-6-11)18-14(20)15(3,4)9-16/h5-8,10H,9,16H2,1-4H3,(H,17,19)(H,18,20). The minimum atomic E-state index is -0.617. The third kappa shape index (κ3) is 4.35. The van der Waals surface area contributed by atoms with Crippen LogP contribution in [-0.2, 0) is 4.79 Å². The molecule has 0 aliphatic heterocycles. The van der Waals surface area contributed by atoms with E-state index in [4.69, 9.17) is 5.73 Å². The van der Waals surface area contributed by atoms with Gasteiger partial charge in [0.2, 0.25) is 5.91 Å². The van der Waals surface area contributed by atoms with Gasteiger partial charge in [0.1, 0.15) is 0 Å². The van der Waals surface area contributed by atoms with E-state index in [-0.39, 0.29) is 24.4 Å². The first-order chi connectivity index (χ1) is 9.26. The number of anilines is 1. The molecular formula is C15H23N3O2. The number of benzene rings is 1. The van der Waals surface area contributed by atoms with Gasteiger partial charge in [0, 0.05) is 23.8 Å². The molecule has 0 aliphatic carbocycles. The van der Waals surface area contributed by atoms with E-state index in [1.54, 1.807) is 38.1 Å². The number of carbonyl (C=O) groups excluding carboxylic acids is 2. The van der Waals surface area contributed by atoms with Crippen LogP contribution in [-0.4, -0.2) is 24.4 Å². The zero-order valence-electron chi connectivity index (χ0n) is 12.5. The van der Waals surface area contributed by atoms with Crippen molar-refractivity contribution in [3.05, 3.63) is 29.8 Å². The van der Waals surface area contributed by atoms with Crippen molar-refractivity contribution >= 4 is 17.5 Å². The molecule has 0 aliphatic rings. The van der Waals surface area contributed by atoms with Crippen LogP contribution in [0.15, 0.2) is 24.3 Å². The summed E-state index contributed by atoms with van der Waals surface area (Å²) in [6.45, 7) is 7.65. The molecule has 0 heterocycles. The predicted octanol–water partition coefficient (Wildman–Crippen LogP) is 1.75. The maximum absolute atomic E-state index is 12.0. The van der Waals surface area contributed by atoms with Crippen LogP contribution in [0.5, 0.6) is 0 Å². The Bertz CT molecular complexity index is 478. The van der Waals surface area contributed by atoms with E-state index in [1.807, 2.05) is 13.8 Å². The smallest absolute Gasteiger partial charge is 0.251 e. The van der Waals surface area contributed by atoms with Crippen LogP contribution in [0.25, 0.3) is 0 Å². The number of rotatable bonds is 5. The Morgan fingerprint density at radius 3 is 2.20 bits per heavy atom. The van der Waals surface area contributed by atoms with Gasteiger partial charge in [-0.3, -0.25) is 9.59 Å². The van der Waals surface area contributed by atoms with Gasteiger partial charge in [-0.2, -0.15) is 0 Å². The molecule has 5 heteroatoms. The highest BCUT2D eigenvalue weighted by Gasteiger charge is 2.25. The molecule has 0 unspecified atom stereocenters. The minimum Gasteiger partial charge on any atom is -0.350 e. The third-order valence-electron chi connectivity index (χ3n) is 2.95. The fourth-order valence-electron chi connectivity index (χ4n) is 1.44. The quantitative estimate of drug-likeness (QED) is 0.766. The summed E-state index contributed by atoms with van der Waals surface area (Å²) in [5.41, 5.74) is 6.16. The zero-order chi connectivity index (χ0) is 15.3. The molecule has 0 atom stereocenters. The van der Waals surface area contributed by atoms with Crippen LogP contribution >= 0.6 is 0 Å². The van der Waals surface area contributed by atoms with Gasteiger partial charge in [0.05, 0.1) is 5.41 Å². The number of carbonyl (C=O) groups is 2. The molecule has 0 spiro atoms. The summed E-state index contributed by atoms with van der Waals surface area (Å²) < 4.78 is 0. The molecule has 1 rings (SSSR count). The Balaban J connectivity index is 2.73. The normalized spacial score (nSPS) is 11.3. The summed E-state index contributed by atoms with van der Waals surface area (Å²) in [4.78, 5) is 23.7. The molecule has 0 aromatic heterocycles. The van der Waals surface area contributed by atoms with E-state index in [9.17, 15) is 9.59 Å². The molecular weight excluding hydrogens is 254 g/mol. The number of hydrogen-bond acceptors (Lipinski definition) is 3. The molecule has 20 heavy (non-hydrogen) atoms. The van der Waals surface area contributed by atoms with Gasteiger partial charge in [-0.25, -0.2) is 0 Å². The van der Waals surface area contributed by atoms with Gasteiger partial charge >= 0.3 is 0 Å². The molecule has 0 fully saturated rings. The molecule has 2 amide bonds. The lowest BCUT2D eigenvalue weighted by Crippen LogP contribution is -2.37. The van der Waals surface area contributed by atoms with Crippen molar-refractivity contribution in [2.45, 2.75) is 33.7 Å². The number of amides is 2. The fraction of sp³-hybridized carbons (Fsp3) is 0.467. The first kappa shape index (κ1) is 16.2. The van der Waals surface area contributed by atoms with Gasteiger partial charge in [-0.1, -0.05) is 0 Å². The van der Waals surface area contributed by atoms with E-state index in [2.05, 4.69) is 10.6 Å². The van der Waals surface area contributed by atoms with Crippen molar-refractivity contribution < 1.29 is 9.59 Å². The summed E-state index contributed by atoms with van der Waals surface area (Å²) in [5.74, 6) is -0.264. The topological polar surface area (TPSA) is 84.2 Å². The molecule has 1 aromatic carbocycles. The Labute approximate surface area is 119 Å². The summed E-state index contributed by atoms with van der Waals surface area (Å²) in [7, 11) is 0. The summed E-state index contributed by atoms with van der Waals surface area (Å²) in [6.07, 6.45) is 0. The lowest BCUT2D eigenvalue weighted by atomic mass is 9.92. The molecule has 0 radical (unpaired) electrons. The van der Waals surface area contributed by atoms with Crippen molar-refractivity contribution in [1.82, 2.24) is 5.32 Å². The first-order valence-electron chi connectivity index (χ1n) is 6.68. The van der Waals surface area contributed by atoms with Crippen molar-refractivity contribution in [2.24, 2.45) is 11.1 Å². The predicted molar refractivity (Wildman–Crippen MR) is 80.5 cm³/mol. The van der Waals surface area contributed by atoms with Crippen LogP contribution in [0.4, 0.5) is 5.69 Å². The molecule has 0 saturated heterocycles. The SMILES string of the molecule is CC(C)NC(=O)c1ccc(NC(=O)C(C)(C)CN)cc1. The van der Waals surface area contributed by atoms with Gasteiger partial charge in [0.25, 0.3) is 5.91 Å². The third-order valence-corrected chi connectivity index (χ3v) is 2.95. The lowest BCUT2D eigenvalue weighted by Gasteiger charge is -2.21. The maximum atomic E-state index is 12.0. The Morgan fingerprint density at radius 2 is 1.75 bits per heavy atom. The molecule has 110 valence electrons. The first-order valence-corrected chi connectivity index (χ1v) is 6.68. The van der Waals surface area contributed by atoms with Crippen molar-refractivity contribution in [3.63, 3.8) is 0 Å². The van der Waals surface area contributed by atoms with E-state index >= 15 is 0 Å². The number of hydrogen-bond donors (Lipinski definition) is 3. The van der Waals surface area contributed by atoms with Gasteiger partial charge in [-0.15, -0.1) is 0 Å². The molecule has 0 saturated carbocycles. The Hall–Kier alpha value is -1.88. The van der Waals surface area contributed by atoms with Crippen LogP contribution in [0.3, 0.4) is 0 Å². The minimum absolute atomic E-state index is 0.0900. The van der Waals surface area contributed by atoms with Crippen LogP contribution < -0.4 is 16.4 Å². The highest BCUT2D eigenvalue weighted by Crippen LogP contribution is 2.17. The van der Waals surface area contributed by atoms with Crippen LogP contribution in [0.1, 0.15) is 38.1 Å². The highest BCUT2D eigenvalue weighted by molar-refractivity contribution is 5.97. The summed E-state index contributed by atoms with van der Waals surface area (Å²) >= 11 is 0. The van der Waals surface area contributed by atoms with Crippen molar-refractivity contribution in [2.75, 3.05) is 11.9 Å². The van der Waals surface area contributed by atoms with Crippen LogP contribution in [0, 0.1) is 5.41 Å². The highest BCUT2D eigenvalue weighted by atomic mass is 16.2. The van der Waals surface area contributed by atoms with Gasteiger partial charge in [0.15, 0.2) is 0 Å². The number of nitrogens with one attached hydrogen (secondary N) is 2. The van der Waals surface area contributed by atoms with E-state index in [0.29, 0.717) is 11.3 Å². The largest absolute Gasteiger partial charge is 0.350 e. The molecule has 0 bridgehead atoms. The average Bonchev–Trinajstić information content (AvgIpc) is 2.38. The molecule has 1 aromatic rings. The van der Waals surface area contributed by atoms with Gasteiger partial charge < -0.3 is 16.4 Å². The lowest BCUT2D eigenvalue weighted by molar-refractivity contribution is -0.123. The zero-order valence-corrected chi connectivity index (χ0v) is 12.5. The molecule has 5 nitrogen and oxygen atoms in total. The summed E-state index contributed by atoms with van der Waals surface area (Å²) in [5, 5.41) is 5.60. The molecule has 4 N–H and O–H groups in total. The fourth-order valence-corrected chi connectivity index (χ4v) is 1.44. The Morgan fingerprint density at radius 1 is 1.20 bits per heavy atom. The van der Waals surface area contributed by atoms with Crippen molar-refractivity contribution in [3.8, 4) is 0 Å². The van der Waals surface area contributed by atoms with Gasteiger partial charge in [-0.05, 0) is 52.0 Å².